The van der Waals surface area contributed by atoms with Gasteiger partial charge in [0.2, 0.25) is 5.91 Å². The van der Waals surface area contributed by atoms with Gasteiger partial charge in [0.25, 0.3) is 0 Å². The minimum atomic E-state index is -0.841. The SMILES string of the molecule is CCCC(CNC(=O)C(C)CNCC)C(=O)O. The van der Waals surface area contributed by atoms with Crippen LogP contribution in [0.2, 0.25) is 0 Å². The molecule has 1 amide bonds. The van der Waals surface area contributed by atoms with E-state index in [0.29, 0.717) is 13.0 Å². The van der Waals surface area contributed by atoms with Gasteiger partial charge in [-0.2, -0.15) is 0 Å². The van der Waals surface area contributed by atoms with Crippen LogP contribution in [0.15, 0.2) is 0 Å². The Balaban J connectivity index is 3.98. The van der Waals surface area contributed by atoms with Crippen LogP contribution in [0.3, 0.4) is 0 Å². The van der Waals surface area contributed by atoms with E-state index in [1.807, 2.05) is 20.8 Å². The van der Waals surface area contributed by atoms with Crippen molar-refractivity contribution in [3.05, 3.63) is 0 Å². The van der Waals surface area contributed by atoms with Crippen LogP contribution < -0.4 is 10.6 Å². The summed E-state index contributed by atoms with van der Waals surface area (Å²) in [6, 6.07) is 0. The van der Waals surface area contributed by atoms with Gasteiger partial charge in [-0.05, 0) is 13.0 Å². The zero-order chi connectivity index (χ0) is 13.3. The average molecular weight is 244 g/mol. The van der Waals surface area contributed by atoms with Crippen molar-refractivity contribution in [3.8, 4) is 0 Å². The van der Waals surface area contributed by atoms with Gasteiger partial charge in [-0.3, -0.25) is 9.59 Å². The molecule has 2 unspecified atom stereocenters. The van der Waals surface area contributed by atoms with Gasteiger partial charge in [0.05, 0.1) is 5.92 Å². The van der Waals surface area contributed by atoms with Crippen molar-refractivity contribution in [1.29, 1.82) is 0 Å². The second-order valence-electron chi connectivity index (χ2n) is 4.28. The van der Waals surface area contributed by atoms with Crippen LogP contribution in [0.5, 0.6) is 0 Å². The normalized spacial score (nSPS) is 14.1. The van der Waals surface area contributed by atoms with E-state index >= 15 is 0 Å². The molecule has 5 nitrogen and oxygen atoms in total. The van der Waals surface area contributed by atoms with Crippen molar-refractivity contribution in [2.75, 3.05) is 19.6 Å². The fourth-order valence-electron chi connectivity index (χ4n) is 1.51. The van der Waals surface area contributed by atoms with Crippen LogP contribution in [0.25, 0.3) is 0 Å². The number of rotatable bonds is 9. The van der Waals surface area contributed by atoms with Crippen molar-refractivity contribution in [2.45, 2.75) is 33.6 Å². The van der Waals surface area contributed by atoms with Crippen LogP contribution in [0.4, 0.5) is 0 Å². The summed E-state index contributed by atoms with van der Waals surface area (Å²) in [5.41, 5.74) is 0. The molecular formula is C12H24N2O3. The van der Waals surface area contributed by atoms with E-state index in [-0.39, 0.29) is 18.4 Å². The molecule has 0 heterocycles. The molecular weight excluding hydrogens is 220 g/mol. The number of nitrogens with one attached hydrogen (secondary N) is 2. The smallest absolute Gasteiger partial charge is 0.308 e. The number of carbonyl (C=O) groups excluding carboxylic acids is 1. The Morgan fingerprint density at radius 3 is 2.35 bits per heavy atom. The summed E-state index contributed by atoms with van der Waals surface area (Å²) in [6.07, 6.45) is 1.40. The molecule has 17 heavy (non-hydrogen) atoms. The third kappa shape index (κ3) is 6.94. The molecule has 0 spiro atoms. The first kappa shape index (κ1) is 15.9. The molecule has 3 N–H and O–H groups in total. The van der Waals surface area contributed by atoms with E-state index in [2.05, 4.69) is 10.6 Å². The van der Waals surface area contributed by atoms with Gasteiger partial charge >= 0.3 is 5.97 Å². The summed E-state index contributed by atoms with van der Waals surface area (Å²) in [5, 5.41) is 14.7. The molecule has 0 saturated heterocycles. The first-order valence-electron chi connectivity index (χ1n) is 6.24. The van der Waals surface area contributed by atoms with Crippen LogP contribution in [-0.4, -0.2) is 36.6 Å². The molecule has 0 aliphatic rings. The van der Waals surface area contributed by atoms with Gasteiger partial charge in [0, 0.05) is 19.0 Å². The van der Waals surface area contributed by atoms with E-state index in [1.165, 1.54) is 0 Å². The van der Waals surface area contributed by atoms with Crippen molar-refractivity contribution < 1.29 is 14.7 Å². The molecule has 5 heteroatoms. The Morgan fingerprint density at radius 2 is 1.88 bits per heavy atom. The first-order valence-corrected chi connectivity index (χ1v) is 6.24. The van der Waals surface area contributed by atoms with Crippen molar-refractivity contribution in [2.24, 2.45) is 11.8 Å². The predicted molar refractivity (Wildman–Crippen MR) is 66.8 cm³/mol. The monoisotopic (exact) mass is 244 g/mol. The van der Waals surface area contributed by atoms with E-state index in [9.17, 15) is 9.59 Å². The van der Waals surface area contributed by atoms with Gasteiger partial charge in [0.1, 0.15) is 0 Å². The molecule has 0 fully saturated rings. The van der Waals surface area contributed by atoms with Crippen LogP contribution in [0, 0.1) is 11.8 Å². The summed E-state index contributed by atoms with van der Waals surface area (Å²) in [6.45, 7) is 7.41. The molecule has 0 radical (unpaired) electrons. The van der Waals surface area contributed by atoms with E-state index in [1.54, 1.807) is 0 Å². The number of hydrogen-bond donors (Lipinski definition) is 3. The van der Waals surface area contributed by atoms with Gasteiger partial charge in [-0.25, -0.2) is 0 Å². The highest BCUT2D eigenvalue weighted by molar-refractivity contribution is 5.79. The summed E-state index contributed by atoms with van der Waals surface area (Å²) in [4.78, 5) is 22.5. The van der Waals surface area contributed by atoms with Gasteiger partial charge < -0.3 is 15.7 Å². The maximum absolute atomic E-state index is 11.6. The number of hydrogen-bond acceptors (Lipinski definition) is 3. The summed E-state index contributed by atoms with van der Waals surface area (Å²) in [7, 11) is 0. The summed E-state index contributed by atoms with van der Waals surface area (Å²) < 4.78 is 0. The van der Waals surface area contributed by atoms with Gasteiger partial charge in [-0.15, -0.1) is 0 Å². The maximum atomic E-state index is 11.6. The molecule has 0 rings (SSSR count). The zero-order valence-electron chi connectivity index (χ0n) is 11.0. The topological polar surface area (TPSA) is 78.4 Å². The Hall–Kier alpha value is -1.10. The Labute approximate surface area is 103 Å². The number of carboxylic acids is 1. The number of carbonyl (C=O) groups is 2. The molecule has 0 saturated carbocycles. The van der Waals surface area contributed by atoms with E-state index in [4.69, 9.17) is 5.11 Å². The highest BCUT2D eigenvalue weighted by Crippen LogP contribution is 2.05. The molecule has 0 aliphatic heterocycles. The lowest BCUT2D eigenvalue weighted by molar-refractivity contribution is -0.142. The van der Waals surface area contributed by atoms with Gasteiger partial charge in [-0.1, -0.05) is 27.2 Å². The summed E-state index contributed by atoms with van der Waals surface area (Å²) in [5.74, 6) is -1.54. The van der Waals surface area contributed by atoms with Crippen LogP contribution in [-0.2, 0) is 9.59 Å². The highest BCUT2D eigenvalue weighted by atomic mass is 16.4. The van der Waals surface area contributed by atoms with Gasteiger partial charge in [0.15, 0.2) is 0 Å². The fraction of sp³-hybridized carbons (Fsp3) is 0.833. The lowest BCUT2D eigenvalue weighted by Gasteiger charge is -2.15. The maximum Gasteiger partial charge on any atom is 0.308 e. The number of carboxylic acid groups (broad SMARTS) is 1. The standard InChI is InChI=1S/C12H24N2O3/c1-4-6-10(12(16)17)8-14-11(15)9(3)7-13-5-2/h9-10,13H,4-8H2,1-3H3,(H,14,15)(H,16,17). The molecule has 100 valence electrons. The first-order chi connectivity index (χ1) is 8.02. The average Bonchev–Trinajstić information content (AvgIpc) is 2.30. The lowest BCUT2D eigenvalue weighted by Crippen LogP contribution is -2.39. The lowest BCUT2D eigenvalue weighted by atomic mass is 10.0. The summed E-state index contributed by atoms with van der Waals surface area (Å²) >= 11 is 0. The quantitative estimate of drug-likeness (QED) is 0.562. The predicted octanol–water partition coefficient (Wildman–Crippen LogP) is 0.849. The number of amides is 1. The molecule has 0 aliphatic carbocycles. The second-order valence-corrected chi connectivity index (χ2v) is 4.28. The fourth-order valence-corrected chi connectivity index (χ4v) is 1.51. The van der Waals surface area contributed by atoms with Crippen molar-refractivity contribution in [1.82, 2.24) is 10.6 Å². The highest BCUT2D eigenvalue weighted by Gasteiger charge is 2.19. The Morgan fingerprint density at radius 1 is 1.24 bits per heavy atom. The van der Waals surface area contributed by atoms with E-state index in [0.717, 1.165) is 13.0 Å². The molecule has 2 atom stereocenters. The molecule has 0 aromatic rings. The van der Waals surface area contributed by atoms with Crippen LogP contribution >= 0.6 is 0 Å². The van der Waals surface area contributed by atoms with E-state index < -0.39 is 11.9 Å². The minimum absolute atomic E-state index is 0.0895. The van der Waals surface area contributed by atoms with Crippen LogP contribution in [0.1, 0.15) is 33.6 Å². The molecule has 0 aromatic heterocycles. The number of aliphatic carboxylic acids is 1. The zero-order valence-corrected chi connectivity index (χ0v) is 11.0. The Bertz CT molecular complexity index is 244. The minimum Gasteiger partial charge on any atom is -0.481 e. The molecule has 0 aromatic carbocycles. The largest absolute Gasteiger partial charge is 0.481 e. The third-order valence-corrected chi connectivity index (χ3v) is 2.66. The third-order valence-electron chi connectivity index (χ3n) is 2.66. The second kappa shape index (κ2) is 8.98. The molecule has 0 bridgehead atoms. The van der Waals surface area contributed by atoms with Crippen molar-refractivity contribution >= 4 is 11.9 Å². The van der Waals surface area contributed by atoms with Crippen molar-refractivity contribution in [3.63, 3.8) is 0 Å². The Kier molecular flexibility index (Phi) is 8.40.